The van der Waals surface area contributed by atoms with Gasteiger partial charge in [-0.15, -0.1) is 0 Å². The van der Waals surface area contributed by atoms with Crippen molar-refractivity contribution in [3.05, 3.63) is 23.9 Å². The average molecular weight is 352 g/mol. The Balaban J connectivity index is 1.63. The van der Waals surface area contributed by atoms with Crippen LogP contribution >= 0.6 is 0 Å². The van der Waals surface area contributed by atoms with Crippen LogP contribution in [0, 0.1) is 0 Å². The zero-order valence-electron chi connectivity index (χ0n) is 14.6. The Labute approximate surface area is 145 Å². The van der Waals surface area contributed by atoms with Gasteiger partial charge in [-0.3, -0.25) is 0 Å². The lowest BCUT2D eigenvalue weighted by Crippen LogP contribution is -2.45. The minimum absolute atomic E-state index is 0.0698. The van der Waals surface area contributed by atoms with Gasteiger partial charge in [0, 0.05) is 38.1 Å². The van der Waals surface area contributed by atoms with Crippen LogP contribution in [-0.2, 0) is 16.4 Å². The van der Waals surface area contributed by atoms with Gasteiger partial charge in [-0.2, -0.15) is 0 Å². The van der Waals surface area contributed by atoms with Gasteiger partial charge in [-0.05, 0) is 49.8 Å². The highest BCUT2D eigenvalue weighted by Gasteiger charge is 2.32. The number of piperidine rings is 1. The minimum atomic E-state index is -2.99. The number of nitrogens with one attached hydrogen (secondary N) is 1. The molecule has 2 fully saturated rings. The number of rotatable bonds is 5. The molecule has 1 N–H and O–H groups in total. The Bertz CT molecular complexity index is 641. The summed E-state index contributed by atoms with van der Waals surface area (Å²) in [7, 11) is -2.99. The summed E-state index contributed by atoms with van der Waals surface area (Å²) in [6.45, 7) is 2.88. The van der Waals surface area contributed by atoms with Crippen molar-refractivity contribution in [1.82, 2.24) is 10.3 Å². The first-order valence-corrected chi connectivity index (χ1v) is 11.1. The van der Waals surface area contributed by atoms with Gasteiger partial charge in [-0.1, -0.05) is 12.8 Å². The number of aromatic nitrogens is 1. The second-order valence-corrected chi connectivity index (χ2v) is 9.47. The molecule has 0 amide bonds. The van der Waals surface area contributed by atoms with E-state index in [1.165, 1.54) is 31.1 Å². The lowest BCUT2D eigenvalue weighted by Gasteiger charge is -2.31. The highest BCUT2D eigenvalue weighted by atomic mass is 32.2. The van der Waals surface area contributed by atoms with Crippen LogP contribution in [0.1, 0.15) is 50.5 Å². The maximum atomic E-state index is 12.0. The second kappa shape index (κ2) is 7.83. The lowest BCUT2D eigenvalue weighted by molar-refractivity contribution is 0.370. The summed E-state index contributed by atoms with van der Waals surface area (Å²) in [6, 6.07) is 4.25. The van der Waals surface area contributed by atoms with Crippen molar-refractivity contribution in [3.8, 4) is 0 Å². The predicted molar refractivity (Wildman–Crippen MR) is 98.0 cm³/mol. The Morgan fingerprint density at radius 2 is 1.92 bits per heavy atom. The van der Waals surface area contributed by atoms with Crippen LogP contribution in [0.4, 0.5) is 5.82 Å². The third-order valence-corrected chi connectivity index (χ3v) is 6.97. The molecule has 6 heteroatoms. The van der Waals surface area contributed by atoms with Crippen LogP contribution in [0.2, 0.25) is 0 Å². The summed E-state index contributed by atoms with van der Waals surface area (Å²) in [5.41, 5.74) is 1.18. The summed E-state index contributed by atoms with van der Waals surface area (Å²) in [5, 5.41) is 3.26. The van der Waals surface area contributed by atoms with Crippen molar-refractivity contribution in [2.75, 3.05) is 24.2 Å². The van der Waals surface area contributed by atoms with E-state index in [2.05, 4.69) is 21.3 Å². The van der Waals surface area contributed by atoms with Gasteiger partial charge in [0.2, 0.25) is 0 Å². The van der Waals surface area contributed by atoms with E-state index in [0.717, 1.165) is 44.6 Å². The SMILES string of the molecule is CS(=O)(=O)C1CCCCC1NCc1ccnc(N2CCCCC2)c1. The summed E-state index contributed by atoms with van der Waals surface area (Å²) >= 11 is 0. The molecular formula is C18H29N3O2S. The number of anilines is 1. The summed E-state index contributed by atoms with van der Waals surface area (Å²) in [6.07, 6.45) is 10.9. The zero-order chi connectivity index (χ0) is 17.0. The molecular weight excluding hydrogens is 322 g/mol. The Hall–Kier alpha value is -1.14. The van der Waals surface area contributed by atoms with E-state index in [1.54, 1.807) is 0 Å². The molecule has 2 aliphatic rings. The van der Waals surface area contributed by atoms with Crippen LogP contribution in [-0.4, -0.2) is 44.0 Å². The van der Waals surface area contributed by atoms with Gasteiger partial charge in [0.15, 0.2) is 9.84 Å². The third kappa shape index (κ3) is 4.48. The zero-order valence-corrected chi connectivity index (χ0v) is 15.4. The smallest absolute Gasteiger partial charge is 0.151 e. The number of hydrogen-bond acceptors (Lipinski definition) is 5. The predicted octanol–water partition coefficient (Wildman–Crippen LogP) is 2.52. The molecule has 1 saturated carbocycles. The number of nitrogens with zero attached hydrogens (tertiary/aromatic N) is 2. The van der Waals surface area contributed by atoms with E-state index in [9.17, 15) is 8.42 Å². The molecule has 134 valence electrons. The molecule has 0 aromatic carbocycles. The Morgan fingerprint density at radius 3 is 2.67 bits per heavy atom. The molecule has 1 aliphatic heterocycles. The van der Waals surface area contributed by atoms with Crippen LogP contribution in [0.3, 0.4) is 0 Å². The van der Waals surface area contributed by atoms with E-state index in [1.807, 2.05) is 12.3 Å². The Morgan fingerprint density at radius 1 is 1.17 bits per heavy atom. The molecule has 1 saturated heterocycles. The minimum Gasteiger partial charge on any atom is -0.357 e. The summed E-state index contributed by atoms with van der Waals surface area (Å²) < 4.78 is 24.0. The van der Waals surface area contributed by atoms with Gasteiger partial charge in [0.05, 0.1) is 5.25 Å². The van der Waals surface area contributed by atoms with Crippen molar-refractivity contribution in [2.24, 2.45) is 0 Å². The topological polar surface area (TPSA) is 62.3 Å². The van der Waals surface area contributed by atoms with Gasteiger partial charge in [0.1, 0.15) is 5.82 Å². The lowest BCUT2D eigenvalue weighted by atomic mass is 9.94. The van der Waals surface area contributed by atoms with E-state index < -0.39 is 9.84 Å². The van der Waals surface area contributed by atoms with Gasteiger partial charge in [0.25, 0.3) is 0 Å². The molecule has 24 heavy (non-hydrogen) atoms. The standard InChI is InChI=1S/C18H29N3O2S/c1-24(22,23)17-8-4-3-7-16(17)20-14-15-9-10-19-18(13-15)21-11-5-2-6-12-21/h9-10,13,16-17,20H,2-8,11-12,14H2,1H3. The number of hydrogen-bond donors (Lipinski definition) is 1. The van der Waals surface area contributed by atoms with Gasteiger partial charge < -0.3 is 10.2 Å². The molecule has 0 spiro atoms. The molecule has 0 bridgehead atoms. The molecule has 3 rings (SSSR count). The van der Waals surface area contributed by atoms with Crippen LogP contribution in [0.25, 0.3) is 0 Å². The fourth-order valence-electron chi connectivity index (χ4n) is 3.96. The first-order valence-electron chi connectivity index (χ1n) is 9.16. The Kier molecular flexibility index (Phi) is 5.76. The van der Waals surface area contributed by atoms with Crippen LogP contribution in [0.15, 0.2) is 18.3 Å². The van der Waals surface area contributed by atoms with Crippen molar-refractivity contribution in [2.45, 2.75) is 62.8 Å². The van der Waals surface area contributed by atoms with Crippen molar-refractivity contribution < 1.29 is 8.42 Å². The third-order valence-electron chi connectivity index (χ3n) is 5.31. The molecule has 2 atom stereocenters. The first kappa shape index (κ1) is 17.7. The highest BCUT2D eigenvalue weighted by molar-refractivity contribution is 7.91. The molecule has 2 heterocycles. The summed E-state index contributed by atoms with van der Waals surface area (Å²) in [5.74, 6) is 1.05. The monoisotopic (exact) mass is 351 g/mol. The average Bonchev–Trinajstić information content (AvgIpc) is 2.60. The quantitative estimate of drug-likeness (QED) is 0.883. The number of sulfone groups is 1. The van der Waals surface area contributed by atoms with E-state index in [4.69, 9.17) is 0 Å². The molecule has 1 aliphatic carbocycles. The van der Waals surface area contributed by atoms with Crippen LogP contribution in [0.5, 0.6) is 0 Å². The molecule has 1 aromatic rings. The molecule has 5 nitrogen and oxygen atoms in total. The van der Waals surface area contributed by atoms with Gasteiger partial charge in [-0.25, -0.2) is 13.4 Å². The van der Waals surface area contributed by atoms with E-state index in [-0.39, 0.29) is 11.3 Å². The first-order chi connectivity index (χ1) is 11.5. The van der Waals surface area contributed by atoms with Gasteiger partial charge >= 0.3 is 0 Å². The maximum absolute atomic E-state index is 12.0. The largest absolute Gasteiger partial charge is 0.357 e. The molecule has 0 radical (unpaired) electrons. The number of pyridine rings is 1. The molecule has 1 aromatic heterocycles. The van der Waals surface area contributed by atoms with Crippen molar-refractivity contribution in [1.29, 1.82) is 0 Å². The van der Waals surface area contributed by atoms with E-state index in [0.29, 0.717) is 6.54 Å². The normalized spacial score (nSPS) is 25.6. The fourth-order valence-corrected chi connectivity index (χ4v) is 5.38. The molecule has 2 unspecified atom stereocenters. The van der Waals surface area contributed by atoms with Crippen molar-refractivity contribution in [3.63, 3.8) is 0 Å². The summed E-state index contributed by atoms with van der Waals surface area (Å²) in [4.78, 5) is 6.87. The van der Waals surface area contributed by atoms with E-state index >= 15 is 0 Å². The highest BCUT2D eigenvalue weighted by Crippen LogP contribution is 2.25. The van der Waals surface area contributed by atoms with Crippen molar-refractivity contribution >= 4 is 15.7 Å². The second-order valence-electron chi connectivity index (χ2n) is 7.21. The fraction of sp³-hybridized carbons (Fsp3) is 0.722. The maximum Gasteiger partial charge on any atom is 0.151 e. The van der Waals surface area contributed by atoms with Crippen LogP contribution < -0.4 is 10.2 Å².